The molecule has 0 bridgehead atoms. The van der Waals surface area contributed by atoms with Crippen LogP contribution in [0.2, 0.25) is 0 Å². The number of halogens is 1. The molecule has 6 heteroatoms. The molecule has 0 aromatic heterocycles. The molecule has 40 valence electrons. The summed E-state index contributed by atoms with van der Waals surface area (Å²) in [5.74, 6) is 0. The molecule has 0 amide bonds. The van der Waals surface area contributed by atoms with Crippen LogP contribution < -0.4 is 0 Å². The zero-order valence-corrected chi connectivity index (χ0v) is 4.48. The Morgan fingerprint density at radius 1 is 1.50 bits per heavy atom. The zero-order chi connectivity index (χ0) is 4.50. The molecule has 0 unspecified atom stereocenters. The molecule has 0 fully saturated rings. The second kappa shape index (κ2) is 2.72. The van der Waals surface area contributed by atoms with Crippen LogP contribution in [0.25, 0.3) is 0 Å². The maximum absolute atomic E-state index is 10.4. The first kappa shape index (κ1) is 9.78. The van der Waals surface area contributed by atoms with Crippen molar-refractivity contribution in [2.45, 2.75) is 0 Å². The van der Waals surface area contributed by atoms with E-state index < -0.39 is 7.91 Å². The van der Waals surface area contributed by atoms with Gasteiger partial charge >= 0.3 is 7.91 Å². The summed E-state index contributed by atoms with van der Waals surface area (Å²) in [7, 11) is -5.14. The standard InChI is InChI=1S/FH2O3P.Fe/c1-5(2,3)4;/h(H2,2,3,4);. The molecule has 0 saturated carbocycles. The third-order valence-electron chi connectivity index (χ3n) is 0. The smallest absolute Gasteiger partial charge is 0.299 e. The first-order chi connectivity index (χ1) is 2.00. The van der Waals surface area contributed by atoms with Crippen molar-refractivity contribution in [2.75, 3.05) is 0 Å². The summed E-state index contributed by atoms with van der Waals surface area (Å²) >= 11 is 0. The van der Waals surface area contributed by atoms with Crippen LogP contribution in [0.1, 0.15) is 0 Å². The molecule has 0 aromatic rings. The van der Waals surface area contributed by atoms with Crippen LogP contribution in [0, 0.1) is 0 Å². The van der Waals surface area contributed by atoms with Crippen LogP contribution >= 0.6 is 7.91 Å². The first-order valence-electron chi connectivity index (χ1n) is 0.752. The molecule has 0 spiro atoms. The van der Waals surface area contributed by atoms with Crippen LogP contribution in [0.5, 0.6) is 0 Å². The fraction of sp³-hybridized carbons (Fsp3) is 0. The molecule has 3 nitrogen and oxygen atoms in total. The topological polar surface area (TPSA) is 57.5 Å². The van der Waals surface area contributed by atoms with E-state index in [4.69, 9.17) is 14.4 Å². The summed E-state index contributed by atoms with van der Waals surface area (Å²) in [4.78, 5) is 13.9. The quantitative estimate of drug-likeness (QED) is 0.384. The van der Waals surface area contributed by atoms with Crippen molar-refractivity contribution < 1.29 is 35.6 Å². The van der Waals surface area contributed by atoms with Gasteiger partial charge in [-0.1, -0.05) is 0 Å². The van der Waals surface area contributed by atoms with Gasteiger partial charge in [-0.25, -0.2) is 4.57 Å². The summed E-state index contributed by atoms with van der Waals surface area (Å²) < 4.78 is 19.0. The van der Waals surface area contributed by atoms with Gasteiger partial charge in [0.2, 0.25) is 0 Å². The number of hydrogen-bond donors (Lipinski definition) is 2. The Balaban J connectivity index is 0. The van der Waals surface area contributed by atoms with Crippen molar-refractivity contribution in [1.29, 1.82) is 0 Å². The van der Waals surface area contributed by atoms with Crippen molar-refractivity contribution in [3.63, 3.8) is 0 Å². The molecule has 2 N–H and O–H groups in total. The van der Waals surface area contributed by atoms with Gasteiger partial charge in [-0.15, -0.1) is 4.20 Å². The monoisotopic (exact) mass is 156 g/mol. The van der Waals surface area contributed by atoms with Gasteiger partial charge in [0.25, 0.3) is 0 Å². The first-order valence-corrected chi connectivity index (χ1v) is 2.25. The molecule has 0 aromatic carbocycles. The Labute approximate surface area is 44.3 Å². The van der Waals surface area contributed by atoms with E-state index in [9.17, 15) is 4.20 Å². The Morgan fingerprint density at radius 3 is 1.50 bits per heavy atom. The minimum atomic E-state index is -5.14. The van der Waals surface area contributed by atoms with Crippen LogP contribution in [0.4, 0.5) is 4.20 Å². The average molecular weight is 156 g/mol. The summed E-state index contributed by atoms with van der Waals surface area (Å²) in [6.07, 6.45) is 0. The molecular formula is H2FFeO3P. The van der Waals surface area contributed by atoms with Gasteiger partial charge in [0.05, 0.1) is 0 Å². The van der Waals surface area contributed by atoms with Gasteiger partial charge in [-0.3, -0.25) is 9.79 Å². The second-order valence-corrected chi connectivity index (χ2v) is 1.42. The van der Waals surface area contributed by atoms with E-state index in [1.807, 2.05) is 0 Å². The van der Waals surface area contributed by atoms with Gasteiger partial charge < -0.3 is 0 Å². The Morgan fingerprint density at radius 2 is 1.50 bits per heavy atom. The van der Waals surface area contributed by atoms with E-state index in [1.165, 1.54) is 0 Å². The van der Waals surface area contributed by atoms with Gasteiger partial charge in [-0.05, 0) is 0 Å². The van der Waals surface area contributed by atoms with E-state index >= 15 is 0 Å². The Hall–Kier alpha value is 0.599. The van der Waals surface area contributed by atoms with Gasteiger partial charge in [0.1, 0.15) is 0 Å². The summed E-state index contributed by atoms with van der Waals surface area (Å²) in [5.41, 5.74) is 0. The maximum Gasteiger partial charge on any atom is 0.507 e. The number of hydrogen-bond acceptors (Lipinski definition) is 1. The normalized spacial score (nSPS) is 9.83. The molecule has 0 rings (SSSR count). The second-order valence-electron chi connectivity index (χ2n) is 0.473. The van der Waals surface area contributed by atoms with Crippen molar-refractivity contribution >= 4 is 7.91 Å². The largest absolute Gasteiger partial charge is 0.507 e. The molecule has 0 aliphatic rings. The van der Waals surface area contributed by atoms with E-state index in [1.54, 1.807) is 0 Å². The molecule has 0 aliphatic heterocycles. The van der Waals surface area contributed by atoms with Gasteiger partial charge in [0.15, 0.2) is 0 Å². The maximum atomic E-state index is 10.4. The van der Waals surface area contributed by atoms with E-state index in [2.05, 4.69) is 0 Å². The fourth-order valence-corrected chi connectivity index (χ4v) is 0. The SMILES string of the molecule is O=P(O)(O)F.[Fe]. The van der Waals surface area contributed by atoms with Crippen LogP contribution in [-0.2, 0) is 21.6 Å². The van der Waals surface area contributed by atoms with E-state index in [0.29, 0.717) is 0 Å². The number of rotatable bonds is 0. The van der Waals surface area contributed by atoms with Crippen molar-refractivity contribution in [3.05, 3.63) is 0 Å². The molecule has 6 heavy (non-hydrogen) atoms. The molecule has 0 atom stereocenters. The Kier molecular flexibility index (Phi) is 4.43. The fourth-order valence-electron chi connectivity index (χ4n) is 0. The predicted octanol–water partition coefficient (Wildman–Crippen LogP) is 0.0461. The predicted molar refractivity (Wildman–Crippen MR) is 13.2 cm³/mol. The molecular weight excluding hydrogens is 154 g/mol. The van der Waals surface area contributed by atoms with Gasteiger partial charge in [-0.2, -0.15) is 0 Å². The van der Waals surface area contributed by atoms with Crippen molar-refractivity contribution in [1.82, 2.24) is 0 Å². The zero-order valence-electron chi connectivity index (χ0n) is 2.48. The molecule has 0 radical (unpaired) electrons. The third-order valence-corrected chi connectivity index (χ3v) is 0. The minimum absolute atomic E-state index is 0. The average Bonchev–Trinajstić information content (AvgIpc) is 0.722. The van der Waals surface area contributed by atoms with Crippen molar-refractivity contribution in [3.8, 4) is 0 Å². The van der Waals surface area contributed by atoms with Crippen LogP contribution in [0.15, 0.2) is 0 Å². The Bertz CT molecular complexity index is 56.9. The molecule has 0 aliphatic carbocycles. The van der Waals surface area contributed by atoms with E-state index in [-0.39, 0.29) is 17.1 Å². The van der Waals surface area contributed by atoms with Crippen molar-refractivity contribution in [2.24, 2.45) is 0 Å². The van der Waals surface area contributed by atoms with Crippen LogP contribution in [-0.4, -0.2) is 9.79 Å². The molecule has 0 saturated heterocycles. The summed E-state index contributed by atoms with van der Waals surface area (Å²) in [6.45, 7) is 0. The summed E-state index contributed by atoms with van der Waals surface area (Å²) in [5, 5.41) is 0. The van der Waals surface area contributed by atoms with Crippen LogP contribution in [0.3, 0.4) is 0 Å². The van der Waals surface area contributed by atoms with E-state index in [0.717, 1.165) is 0 Å². The minimum Gasteiger partial charge on any atom is -0.299 e. The molecule has 0 heterocycles. The third kappa shape index (κ3) is 166. The van der Waals surface area contributed by atoms with Gasteiger partial charge in [0, 0.05) is 17.1 Å². The summed E-state index contributed by atoms with van der Waals surface area (Å²) in [6, 6.07) is 0.